The highest BCUT2D eigenvalue weighted by Gasteiger charge is 2.10. The molecule has 0 bridgehead atoms. The summed E-state index contributed by atoms with van der Waals surface area (Å²) in [6.45, 7) is 2.02. The number of imidazole rings is 1. The molecule has 4 N–H and O–H groups in total. The molecule has 2 aromatic carbocycles. The third-order valence-electron chi connectivity index (χ3n) is 3.00. The maximum Gasteiger partial charge on any atom is 0.171 e. The van der Waals surface area contributed by atoms with Crippen LogP contribution in [-0.2, 0) is 0 Å². The third kappa shape index (κ3) is 2.40. The molecule has 100 valence electrons. The Balaban J connectivity index is 2.01. The second-order valence-corrected chi connectivity index (χ2v) is 5.61. The van der Waals surface area contributed by atoms with Crippen molar-refractivity contribution in [2.24, 2.45) is 5.73 Å². The molecule has 5 heteroatoms. The van der Waals surface area contributed by atoms with Crippen molar-refractivity contribution in [1.82, 2.24) is 9.97 Å². The summed E-state index contributed by atoms with van der Waals surface area (Å²) in [5, 5.41) is 8.46. The molecule has 0 atom stereocenters. The fourth-order valence-electron chi connectivity index (χ4n) is 2.02. The normalized spacial score (nSPS) is 10.8. The molecular formula is C15H14N4S. The minimum absolute atomic E-state index is 0.0728. The van der Waals surface area contributed by atoms with Crippen LogP contribution in [0.15, 0.2) is 52.5 Å². The van der Waals surface area contributed by atoms with E-state index >= 15 is 0 Å². The Kier molecular flexibility index (Phi) is 3.20. The second kappa shape index (κ2) is 5.02. The van der Waals surface area contributed by atoms with Crippen LogP contribution in [0.3, 0.4) is 0 Å². The zero-order valence-electron chi connectivity index (χ0n) is 11.0. The lowest BCUT2D eigenvalue weighted by molar-refractivity contribution is 1.08. The van der Waals surface area contributed by atoms with Crippen molar-refractivity contribution in [3.05, 3.63) is 53.6 Å². The maximum absolute atomic E-state index is 7.65. The van der Waals surface area contributed by atoms with Crippen LogP contribution in [-0.4, -0.2) is 15.8 Å². The first-order valence-corrected chi connectivity index (χ1v) is 7.03. The smallest absolute Gasteiger partial charge is 0.171 e. The Morgan fingerprint density at radius 3 is 2.80 bits per heavy atom. The number of aryl methyl sites for hydroxylation is 1. The van der Waals surface area contributed by atoms with Gasteiger partial charge in [0, 0.05) is 10.5 Å². The summed E-state index contributed by atoms with van der Waals surface area (Å²) in [5.41, 5.74) is 9.45. The first-order valence-electron chi connectivity index (χ1n) is 6.21. The molecule has 0 unspecified atom stereocenters. The molecule has 3 rings (SSSR count). The van der Waals surface area contributed by atoms with E-state index in [-0.39, 0.29) is 5.84 Å². The highest BCUT2D eigenvalue weighted by Crippen LogP contribution is 2.30. The van der Waals surface area contributed by atoms with E-state index in [1.807, 2.05) is 49.4 Å². The van der Waals surface area contributed by atoms with Crippen LogP contribution >= 0.6 is 11.8 Å². The lowest BCUT2D eigenvalue weighted by Crippen LogP contribution is -2.12. The molecule has 1 heterocycles. The van der Waals surface area contributed by atoms with Gasteiger partial charge in [-0.15, -0.1) is 0 Å². The molecular weight excluding hydrogens is 268 g/mol. The second-order valence-electron chi connectivity index (χ2n) is 4.57. The van der Waals surface area contributed by atoms with E-state index in [0.717, 1.165) is 32.2 Å². The van der Waals surface area contributed by atoms with Crippen molar-refractivity contribution in [3.8, 4) is 0 Å². The Bertz CT molecular complexity index is 758. The Morgan fingerprint density at radius 1 is 1.25 bits per heavy atom. The van der Waals surface area contributed by atoms with Crippen LogP contribution in [0, 0.1) is 12.3 Å². The van der Waals surface area contributed by atoms with Crippen molar-refractivity contribution in [2.45, 2.75) is 17.0 Å². The highest BCUT2D eigenvalue weighted by atomic mass is 32.2. The molecule has 20 heavy (non-hydrogen) atoms. The van der Waals surface area contributed by atoms with Crippen molar-refractivity contribution >= 4 is 28.6 Å². The molecule has 0 amide bonds. The van der Waals surface area contributed by atoms with Gasteiger partial charge in [0.25, 0.3) is 0 Å². The predicted octanol–water partition coefficient (Wildman–Crippen LogP) is 3.31. The quantitative estimate of drug-likeness (QED) is 0.509. The van der Waals surface area contributed by atoms with E-state index in [0.29, 0.717) is 0 Å². The molecule has 0 fully saturated rings. The van der Waals surface area contributed by atoms with Crippen molar-refractivity contribution in [1.29, 1.82) is 5.41 Å². The molecule has 0 aliphatic carbocycles. The van der Waals surface area contributed by atoms with Gasteiger partial charge in [0.15, 0.2) is 5.16 Å². The van der Waals surface area contributed by atoms with E-state index < -0.39 is 0 Å². The lowest BCUT2D eigenvalue weighted by Gasteiger charge is -2.07. The fourth-order valence-corrected chi connectivity index (χ4v) is 3.06. The molecule has 0 aliphatic rings. The number of nitrogen functional groups attached to an aromatic ring is 1. The topological polar surface area (TPSA) is 78.6 Å². The predicted molar refractivity (Wildman–Crippen MR) is 82.4 cm³/mol. The first-order chi connectivity index (χ1) is 9.63. The molecule has 0 saturated carbocycles. The third-order valence-corrected chi connectivity index (χ3v) is 3.95. The minimum Gasteiger partial charge on any atom is -0.384 e. The van der Waals surface area contributed by atoms with Crippen molar-refractivity contribution in [2.75, 3.05) is 0 Å². The minimum atomic E-state index is 0.0728. The monoisotopic (exact) mass is 282 g/mol. The first kappa shape index (κ1) is 12.7. The van der Waals surface area contributed by atoms with Crippen LogP contribution in [0.4, 0.5) is 0 Å². The van der Waals surface area contributed by atoms with Gasteiger partial charge in [0.05, 0.1) is 11.0 Å². The molecule has 0 radical (unpaired) electrons. The number of nitrogens with two attached hydrogens (primary N) is 1. The largest absolute Gasteiger partial charge is 0.384 e. The molecule has 0 aliphatic heterocycles. The number of fused-ring (bicyclic) bond motifs is 1. The number of para-hydroxylation sites is 2. The van der Waals surface area contributed by atoms with Gasteiger partial charge in [-0.2, -0.15) is 0 Å². The maximum atomic E-state index is 7.65. The summed E-state index contributed by atoms with van der Waals surface area (Å²) in [7, 11) is 0. The van der Waals surface area contributed by atoms with Gasteiger partial charge in [-0.3, -0.25) is 5.41 Å². The van der Waals surface area contributed by atoms with Crippen LogP contribution in [0.2, 0.25) is 0 Å². The number of H-pyrrole nitrogens is 1. The summed E-state index contributed by atoms with van der Waals surface area (Å²) in [5.74, 6) is 0.0728. The summed E-state index contributed by atoms with van der Waals surface area (Å²) in [6, 6.07) is 13.8. The average Bonchev–Trinajstić information content (AvgIpc) is 2.80. The number of nitrogens with zero attached hydrogens (tertiary/aromatic N) is 1. The summed E-state index contributed by atoms with van der Waals surface area (Å²) in [4.78, 5) is 8.75. The highest BCUT2D eigenvalue weighted by molar-refractivity contribution is 7.99. The zero-order chi connectivity index (χ0) is 14.1. The average molecular weight is 282 g/mol. The summed E-state index contributed by atoms with van der Waals surface area (Å²) >= 11 is 1.49. The van der Waals surface area contributed by atoms with Gasteiger partial charge in [-0.1, -0.05) is 30.0 Å². The Morgan fingerprint density at radius 2 is 2.05 bits per heavy atom. The van der Waals surface area contributed by atoms with E-state index in [9.17, 15) is 0 Å². The fraction of sp³-hybridized carbons (Fsp3) is 0.0667. The van der Waals surface area contributed by atoms with Gasteiger partial charge in [-0.05, 0) is 36.8 Å². The number of amidine groups is 1. The number of aromatic amines is 1. The summed E-state index contributed by atoms with van der Waals surface area (Å²) < 4.78 is 0. The number of rotatable bonds is 3. The number of aromatic nitrogens is 2. The van der Waals surface area contributed by atoms with Gasteiger partial charge < -0.3 is 10.7 Å². The van der Waals surface area contributed by atoms with Crippen molar-refractivity contribution in [3.63, 3.8) is 0 Å². The zero-order valence-corrected chi connectivity index (χ0v) is 11.8. The van der Waals surface area contributed by atoms with Crippen LogP contribution in [0.25, 0.3) is 11.0 Å². The molecule has 4 nitrogen and oxygen atoms in total. The number of hydrogen-bond donors (Lipinski definition) is 3. The molecule has 3 aromatic rings. The van der Waals surface area contributed by atoms with Gasteiger partial charge in [0.2, 0.25) is 0 Å². The standard InChI is InChI=1S/C15H14N4S/c1-9-6-7-10(14(16)17)13(8-9)20-15-18-11-4-2-3-5-12(11)19-15/h2-8H,1H3,(H3,16,17)(H,18,19). The Labute approximate surface area is 120 Å². The molecule has 0 saturated heterocycles. The van der Waals surface area contributed by atoms with Crippen LogP contribution in [0.1, 0.15) is 11.1 Å². The number of benzene rings is 2. The molecule has 0 spiro atoms. The van der Waals surface area contributed by atoms with E-state index in [2.05, 4.69) is 9.97 Å². The van der Waals surface area contributed by atoms with E-state index in [1.54, 1.807) is 0 Å². The van der Waals surface area contributed by atoms with Gasteiger partial charge in [-0.25, -0.2) is 4.98 Å². The summed E-state index contributed by atoms with van der Waals surface area (Å²) in [6.07, 6.45) is 0. The van der Waals surface area contributed by atoms with Crippen LogP contribution in [0.5, 0.6) is 0 Å². The van der Waals surface area contributed by atoms with Crippen molar-refractivity contribution < 1.29 is 0 Å². The SMILES string of the molecule is Cc1ccc(C(=N)N)c(Sc2nc3ccccc3[nH]2)c1. The number of nitrogens with one attached hydrogen (secondary N) is 2. The van der Waals surface area contributed by atoms with E-state index in [4.69, 9.17) is 11.1 Å². The number of hydrogen-bond acceptors (Lipinski definition) is 3. The van der Waals surface area contributed by atoms with E-state index in [1.165, 1.54) is 11.8 Å². The Hall–Kier alpha value is -2.27. The van der Waals surface area contributed by atoms with Crippen LogP contribution < -0.4 is 5.73 Å². The molecule has 1 aromatic heterocycles. The van der Waals surface area contributed by atoms with Gasteiger partial charge >= 0.3 is 0 Å². The van der Waals surface area contributed by atoms with Gasteiger partial charge in [0.1, 0.15) is 5.84 Å². The lowest BCUT2D eigenvalue weighted by atomic mass is 10.1.